The van der Waals surface area contributed by atoms with Crippen LogP contribution in [0.3, 0.4) is 0 Å². The fourth-order valence-electron chi connectivity index (χ4n) is 4.51. The van der Waals surface area contributed by atoms with Crippen LogP contribution in [0.15, 0.2) is 54.6 Å². The fourth-order valence-corrected chi connectivity index (χ4v) is 4.51. The Balaban J connectivity index is 1.25. The highest BCUT2D eigenvalue weighted by molar-refractivity contribution is 5.95. The largest absolute Gasteiger partial charge is 0.303 e. The number of halogens is 1. The second-order valence-electron chi connectivity index (χ2n) is 7.47. The van der Waals surface area contributed by atoms with Gasteiger partial charge in [0, 0.05) is 25.1 Å². The molecule has 1 aliphatic carbocycles. The number of Topliss-reactive ketones (excluding diaryl/α,β-unsaturated/α-hetero) is 1. The lowest BCUT2D eigenvalue weighted by Crippen LogP contribution is -2.33. The number of benzene rings is 2. The van der Waals surface area contributed by atoms with Crippen molar-refractivity contribution in [3.05, 3.63) is 71.5 Å². The van der Waals surface area contributed by atoms with Gasteiger partial charge in [-0.05, 0) is 54.8 Å². The third-order valence-corrected chi connectivity index (χ3v) is 5.91. The third-order valence-electron chi connectivity index (χ3n) is 5.91. The Hall–Kier alpha value is -2.00. The average Bonchev–Trinajstić information content (AvgIpc) is 2.94. The summed E-state index contributed by atoms with van der Waals surface area (Å²) in [6.07, 6.45) is 2.77. The molecule has 1 saturated carbocycles. The molecular weight excluding hydrogens is 313 g/mol. The number of hydrogen-bond acceptors (Lipinski definition) is 2. The van der Waals surface area contributed by atoms with E-state index < -0.39 is 0 Å². The summed E-state index contributed by atoms with van der Waals surface area (Å²) < 4.78 is 13.1. The van der Waals surface area contributed by atoms with E-state index in [-0.39, 0.29) is 11.6 Å². The van der Waals surface area contributed by atoms with Gasteiger partial charge >= 0.3 is 0 Å². The van der Waals surface area contributed by atoms with Gasteiger partial charge in [-0.25, -0.2) is 4.39 Å². The zero-order chi connectivity index (χ0) is 17.2. The van der Waals surface area contributed by atoms with E-state index in [0.29, 0.717) is 18.3 Å². The molecule has 2 aliphatic rings. The number of rotatable bonds is 6. The summed E-state index contributed by atoms with van der Waals surface area (Å²) in [6, 6.07) is 16.6. The van der Waals surface area contributed by atoms with Crippen molar-refractivity contribution in [2.75, 3.05) is 19.6 Å². The zero-order valence-corrected chi connectivity index (χ0v) is 14.4. The molecule has 0 N–H and O–H groups in total. The fraction of sp³-hybridized carbons (Fsp3) is 0.409. The van der Waals surface area contributed by atoms with Crippen LogP contribution in [-0.4, -0.2) is 30.3 Å². The van der Waals surface area contributed by atoms with Crippen molar-refractivity contribution in [2.24, 2.45) is 11.8 Å². The maximum atomic E-state index is 13.1. The lowest BCUT2D eigenvalue weighted by molar-refractivity contribution is 0.0976. The van der Waals surface area contributed by atoms with Gasteiger partial charge in [0.1, 0.15) is 5.82 Å². The van der Waals surface area contributed by atoms with Crippen LogP contribution in [-0.2, 0) is 0 Å². The minimum atomic E-state index is -0.157. The predicted molar refractivity (Wildman–Crippen MR) is 97.2 cm³/mol. The molecule has 25 heavy (non-hydrogen) atoms. The molecule has 0 amide bonds. The van der Waals surface area contributed by atoms with Gasteiger partial charge in [0.2, 0.25) is 0 Å². The van der Waals surface area contributed by atoms with E-state index >= 15 is 0 Å². The zero-order valence-electron chi connectivity index (χ0n) is 14.4. The van der Waals surface area contributed by atoms with Crippen LogP contribution < -0.4 is 0 Å². The van der Waals surface area contributed by atoms with Gasteiger partial charge < -0.3 is 4.90 Å². The molecule has 130 valence electrons. The Morgan fingerprint density at radius 2 is 1.80 bits per heavy atom. The van der Waals surface area contributed by atoms with Crippen molar-refractivity contribution >= 4 is 5.78 Å². The monoisotopic (exact) mass is 337 g/mol. The number of fused-ring (bicyclic) bond motifs is 1. The van der Waals surface area contributed by atoms with Gasteiger partial charge in [-0.3, -0.25) is 4.79 Å². The van der Waals surface area contributed by atoms with E-state index in [4.69, 9.17) is 0 Å². The van der Waals surface area contributed by atoms with Gasteiger partial charge in [0.15, 0.2) is 5.78 Å². The summed E-state index contributed by atoms with van der Waals surface area (Å²) >= 11 is 0. The molecule has 4 rings (SSSR count). The Morgan fingerprint density at radius 3 is 2.56 bits per heavy atom. The van der Waals surface area contributed by atoms with Crippen molar-refractivity contribution in [2.45, 2.75) is 25.2 Å². The van der Waals surface area contributed by atoms with E-state index in [1.165, 1.54) is 12.0 Å². The van der Waals surface area contributed by atoms with Crippen LogP contribution >= 0.6 is 0 Å². The van der Waals surface area contributed by atoms with Gasteiger partial charge in [-0.1, -0.05) is 42.5 Å². The molecule has 0 spiro atoms. The summed E-state index contributed by atoms with van der Waals surface area (Å²) in [5.74, 6) is 2.15. The molecule has 0 aromatic heterocycles. The molecular formula is C22H24FNO. The molecule has 3 unspecified atom stereocenters. The highest BCUT2D eigenvalue weighted by Gasteiger charge is 2.47. The Bertz CT molecular complexity index is 727. The maximum absolute atomic E-state index is 13.1. The molecule has 1 aliphatic heterocycles. The molecule has 2 nitrogen and oxygen atoms in total. The lowest BCUT2D eigenvalue weighted by atomic mass is 9.64. The third kappa shape index (κ3) is 3.52. The smallest absolute Gasteiger partial charge is 0.162 e. The van der Waals surface area contributed by atoms with Gasteiger partial charge in [0.25, 0.3) is 0 Å². The van der Waals surface area contributed by atoms with Gasteiger partial charge in [-0.2, -0.15) is 0 Å². The van der Waals surface area contributed by atoms with Crippen LogP contribution in [0.1, 0.15) is 41.1 Å². The second-order valence-corrected chi connectivity index (χ2v) is 7.47. The van der Waals surface area contributed by atoms with Crippen LogP contribution in [0.4, 0.5) is 4.39 Å². The summed E-state index contributed by atoms with van der Waals surface area (Å²) in [4.78, 5) is 14.7. The Labute approximate surface area is 148 Å². The Kier molecular flexibility index (Phi) is 4.67. The molecule has 2 aromatic carbocycles. The van der Waals surface area contributed by atoms with Crippen molar-refractivity contribution in [3.8, 4) is 0 Å². The highest BCUT2D eigenvalue weighted by atomic mass is 19.1. The second kappa shape index (κ2) is 7.09. The first kappa shape index (κ1) is 16.5. The topological polar surface area (TPSA) is 20.3 Å². The lowest BCUT2D eigenvalue weighted by Gasteiger charge is -2.40. The van der Waals surface area contributed by atoms with Crippen LogP contribution in [0, 0.1) is 17.7 Å². The number of likely N-dealkylation sites (tertiary alicyclic amines) is 1. The molecule has 0 bridgehead atoms. The summed E-state index contributed by atoms with van der Waals surface area (Å²) in [7, 11) is 0. The number of hydrogen-bond donors (Lipinski definition) is 0. The molecule has 1 heterocycles. The van der Waals surface area contributed by atoms with E-state index in [9.17, 15) is 9.18 Å². The van der Waals surface area contributed by atoms with E-state index in [2.05, 4.69) is 4.90 Å². The molecule has 2 fully saturated rings. The standard InChI is InChI=1S/C22H24FNO/c23-19-10-8-16(9-11-19)20-13-18-14-24(15-21(18)20)12-4-7-22(25)17-5-2-1-3-6-17/h1-3,5-6,8-11,18,20-21H,4,7,12-15H2. The minimum Gasteiger partial charge on any atom is -0.303 e. The SMILES string of the molecule is O=C(CCCN1CC2CC(c3ccc(F)cc3)C2C1)c1ccccc1. The minimum absolute atomic E-state index is 0.157. The van der Waals surface area contributed by atoms with Crippen LogP contribution in [0.25, 0.3) is 0 Å². The first-order chi connectivity index (χ1) is 12.2. The summed E-state index contributed by atoms with van der Waals surface area (Å²) in [6.45, 7) is 3.27. The molecule has 2 aromatic rings. The highest BCUT2D eigenvalue weighted by Crippen LogP contribution is 2.51. The molecule has 3 atom stereocenters. The summed E-state index contributed by atoms with van der Waals surface area (Å²) in [5, 5.41) is 0. The summed E-state index contributed by atoms with van der Waals surface area (Å²) in [5.41, 5.74) is 2.10. The quantitative estimate of drug-likeness (QED) is 0.722. The number of nitrogens with zero attached hydrogens (tertiary/aromatic N) is 1. The van der Waals surface area contributed by atoms with Crippen molar-refractivity contribution in [3.63, 3.8) is 0 Å². The van der Waals surface area contributed by atoms with Crippen LogP contribution in [0.2, 0.25) is 0 Å². The average molecular weight is 337 g/mol. The molecule has 1 saturated heterocycles. The molecule has 0 radical (unpaired) electrons. The predicted octanol–water partition coefficient (Wildman–Crippen LogP) is 4.52. The van der Waals surface area contributed by atoms with Gasteiger partial charge in [-0.15, -0.1) is 0 Å². The number of carbonyl (C=O) groups excluding carboxylic acids is 1. The van der Waals surface area contributed by atoms with E-state index in [0.717, 1.165) is 37.5 Å². The van der Waals surface area contributed by atoms with Crippen molar-refractivity contribution in [1.82, 2.24) is 4.90 Å². The first-order valence-electron chi connectivity index (χ1n) is 9.27. The van der Waals surface area contributed by atoms with Gasteiger partial charge in [0.05, 0.1) is 0 Å². The van der Waals surface area contributed by atoms with Crippen molar-refractivity contribution in [1.29, 1.82) is 0 Å². The van der Waals surface area contributed by atoms with Crippen LogP contribution in [0.5, 0.6) is 0 Å². The first-order valence-corrected chi connectivity index (χ1v) is 9.27. The number of ketones is 1. The van der Waals surface area contributed by atoms with E-state index in [1.807, 2.05) is 42.5 Å². The van der Waals surface area contributed by atoms with Crippen molar-refractivity contribution < 1.29 is 9.18 Å². The normalized spacial score (nSPS) is 25.4. The molecule has 3 heteroatoms. The van der Waals surface area contributed by atoms with E-state index in [1.54, 1.807) is 12.1 Å². The number of carbonyl (C=O) groups is 1. The maximum Gasteiger partial charge on any atom is 0.162 e. The Morgan fingerprint density at radius 1 is 1.04 bits per heavy atom.